The lowest BCUT2D eigenvalue weighted by Crippen LogP contribution is -2.62. The van der Waals surface area contributed by atoms with E-state index in [0.717, 1.165) is 25.7 Å². The van der Waals surface area contributed by atoms with Crippen LogP contribution >= 0.6 is 0 Å². The normalized spacial score (nSPS) is 38.6. The van der Waals surface area contributed by atoms with E-state index in [4.69, 9.17) is 0 Å². The SMILES string of the molecule is CC1(C)C(O)CC1NCC1(O)CCC1. The molecule has 3 N–H and O–H groups in total. The molecule has 0 bridgehead atoms. The number of aliphatic hydroxyl groups excluding tert-OH is 1. The smallest absolute Gasteiger partial charge is 0.0771 e. The molecule has 0 aliphatic heterocycles. The molecule has 0 heterocycles. The molecule has 14 heavy (non-hydrogen) atoms. The minimum Gasteiger partial charge on any atom is -0.392 e. The zero-order valence-electron chi connectivity index (χ0n) is 9.08. The molecule has 2 fully saturated rings. The van der Waals surface area contributed by atoms with Crippen LogP contribution in [0.25, 0.3) is 0 Å². The predicted octanol–water partition coefficient (Wildman–Crippen LogP) is 0.650. The molecule has 2 rings (SSSR count). The van der Waals surface area contributed by atoms with E-state index in [9.17, 15) is 10.2 Å². The number of rotatable bonds is 3. The Hall–Kier alpha value is -0.120. The Bertz CT molecular complexity index is 223. The number of hydrogen-bond acceptors (Lipinski definition) is 3. The Morgan fingerprint density at radius 3 is 2.36 bits per heavy atom. The summed E-state index contributed by atoms with van der Waals surface area (Å²) >= 11 is 0. The first kappa shape index (κ1) is 10.4. The lowest BCUT2D eigenvalue weighted by molar-refractivity contribution is -0.0894. The van der Waals surface area contributed by atoms with Gasteiger partial charge >= 0.3 is 0 Å². The van der Waals surface area contributed by atoms with E-state index in [-0.39, 0.29) is 11.5 Å². The van der Waals surface area contributed by atoms with Gasteiger partial charge in [-0.25, -0.2) is 0 Å². The van der Waals surface area contributed by atoms with Crippen LogP contribution in [0, 0.1) is 5.41 Å². The van der Waals surface area contributed by atoms with Crippen molar-refractivity contribution in [3.8, 4) is 0 Å². The van der Waals surface area contributed by atoms with E-state index in [1.54, 1.807) is 0 Å². The second-order valence-electron chi connectivity index (χ2n) is 5.58. The molecule has 2 unspecified atom stereocenters. The predicted molar refractivity (Wildman–Crippen MR) is 55.0 cm³/mol. The molecule has 0 spiro atoms. The average molecular weight is 199 g/mol. The number of hydrogen-bond donors (Lipinski definition) is 3. The molecule has 0 aromatic carbocycles. The largest absolute Gasteiger partial charge is 0.392 e. The highest BCUT2D eigenvalue weighted by Crippen LogP contribution is 2.41. The second-order valence-corrected chi connectivity index (χ2v) is 5.58. The first-order valence-electron chi connectivity index (χ1n) is 5.58. The molecule has 0 aromatic heterocycles. The van der Waals surface area contributed by atoms with E-state index in [0.29, 0.717) is 12.6 Å². The van der Waals surface area contributed by atoms with E-state index >= 15 is 0 Å². The van der Waals surface area contributed by atoms with Crippen molar-refractivity contribution in [2.45, 2.75) is 57.3 Å². The van der Waals surface area contributed by atoms with Crippen LogP contribution in [0.15, 0.2) is 0 Å². The third-order valence-corrected chi connectivity index (χ3v) is 4.18. The Morgan fingerprint density at radius 1 is 1.36 bits per heavy atom. The molecule has 0 aromatic rings. The number of aliphatic hydroxyl groups is 2. The van der Waals surface area contributed by atoms with Gasteiger partial charge in [0.15, 0.2) is 0 Å². The Balaban J connectivity index is 1.77. The summed E-state index contributed by atoms with van der Waals surface area (Å²) < 4.78 is 0. The van der Waals surface area contributed by atoms with Crippen LogP contribution in [0.1, 0.15) is 39.5 Å². The Kier molecular flexibility index (Phi) is 2.37. The van der Waals surface area contributed by atoms with Crippen molar-refractivity contribution in [3.63, 3.8) is 0 Å². The van der Waals surface area contributed by atoms with E-state index in [2.05, 4.69) is 19.2 Å². The molecule has 2 aliphatic rings. The summed E-state index contributed by atoms with van der Waals surface area (Å²) in [6.45, 7) is 4.83. The first-order chi connectivity index (χ1) is 6.44. The summed E-state index contributed by atoms with van der Waals surface area (Å²) in [4.78, 5) is 0. The summed E-state index contributed by atoms with van der Waals surface area (Å²) in [7, 11) is 0. The van der Waals surface area contributed by atoms with Gasteiger partial charge in [-0.2, -0.15) is 0 Å². The van der Waals surface area contributed by atoms with Crippen molar-refractivity contribution < 1.29 is 10.2 Å². The number of nitrogens with one attached hydrogen (secondary N) is 1. The molecule has 2 saturated carbocycles. The molecular formula is C11H21NO2. The summed E-state index contributed by atoms with van der Waals surface area (Å²) in [6.07, 6.45) is 3.64. The lowest BCUT2D eigenvalue weighted by atomic mass is 9.64. The quantitative estimate of drug-likeness (QED) is 0.625. The molecule has 0 amide bonds. The summed E-state index contributed by atoms with van der Waals surface area (Å²) in [5.41, 5.74) is -0.475. The van der Waals surface area contributed by atoms with Crippen molar-refractivity contribution in [2.75, 3.05) is 6.54 Å². The van der Waals surface area contributed by atoms with Gasteiger partial charge in [-0.15, -0.1) is 0 Å². The van der Waals surface area contributed by atoms with Crippen molar-refractivity contribution in [2.24, 2.45) is 5.41 Å². The van der Waals surface area contributed by atoms with Crippen molar-refractivity contribution in [1.29, 1.82) is 0 Å². The Morgan fingerprint density at radius 2 is 2.00 bits per heavy atom. The topological polar surface area (TPSA) is 52.5 Å². The van der Waals surface area contributed by atoms with Gasteiger partial charge in [0.2, 0.25) is 0 Å². The van der Waals surface area contributed by atoms with Crippen molar-refractivity contribution in [1.82, 2.24) is 5.32 Å². The fourth-order valence-corrected chi connectivity index (χ4v) is 2.32. The molecule has 3 heteroatoms. The summed E-state index contributed by atoms with van der Waals surface area (Å²) in [5, 5.41) is 22.8. The van der Waals surface area contributed by atoms with Gasteiger partial charge in [0, 0.05) is 18.0 Å². The maximum atomic E-state index is 9.89. The molecule has 3 nitrogen and oxygen atoms in total. The monoisotopic (exact) mass is 199 g/mol. The van der Waals surface area contributed by atoms with Crippen molar-refractivity contribution >= 4 is 0 Å². The van der Waals surface area contributed by atoms with E-state index < -0.39 is 5.60 Å². The fourth-order valence-electron chi connectivity index (χ4n) is 2.32. The minimum absolute atomic E-state index is 0.0277. The van der Waals surface area contributed by atoms with Gasteiger partial charge < -0.3 is 15.5 Å². The second kappa shape index (κ2) is 3.19. The lowest BCUT2D eigenvalue weighted by Gasteiger charge is -2.51. The molecule has 82 valence electrons. The first-order valence-corrected chi connectivity index (χ1v) is 5.58. The van der Waals surface area contributed by atoms with Gasteiger partial charge in [0.05, 0.1) is 11.7 Å². The molecular weight excluding hydrogens is 178 g/mol. The maximum absolute atomic E-state index is 9.89. The third kappa shape index (κ3) is 1.58. The molecule has 0 radical (unpaired) electrons. The fraction of sp³-hybridized carbons (Fsp3) is 1.00. The highest BCUT2D eigenvalue weighted by molar-refractivity contribution is 5.03. The van der Waals surface area contributed by atoms with Crippen LogP contribution in [0.2, 0.25) is 0 Å². The van der Waals surface area contributed by atoms with Crippen molar-refractivity contribution in [3.05, 3.63) is 0 Å². The van der Waals surface area contributed by atoms with E-state index in [1.807, 2.05) is 0 Å². The van der Waals surface area contributed by atoms with Crippen LogP contribution in [0.5, 0.6) is 0 Å². The van der Waals surface area contributed by atoms with Gasteiger partial charge in [-0.3, -0.25) is 0 Å². The summed E-state index contributed by atoms with van der Waals surface area (Å²) in [6, 6.07) is 0.363. The third-order valence-electron chi connectivity index (χ3n) is 4.18. The maximum Gasteiger partial charge on any atom is 0.0771 e. The van der Waals surface area contributed by atoms with Crippen LogP contribution in [-0.2, 0) is 0 Å². The summed E-state index contributed by atoms with van der Waals surface area (Å²) in [5.74, 6) is 0. The Labute approximate surface area is 85.5 Å². The van der Waals surface area contributed by atoms with Crippen LogP contribution in [0.4, 0.5) is 0 Å². The van der Waals surface area contributed by atoms with E-state index in [1.165, 1.54) is 0 Å². The minimum atomic E-state index is -0.448. The van der Waals surface area contributed by atoms with Gasteiger partial charge in [0.1, 0.15) is 0 Å². The zero-order valence-corrected chi connectivity index (χ0v) is 9.08. The molecule has 2 aliphatic carbocycles. The highest BCUT2D eigenvalue weighted by atomic mass is 16.3. The van der Waals surface area contributed by atoms with Gasteiger partial charge in [-0.05, 0) is 25.7 Å². The standard InChI is InChI=1S/C11H21NO2/c1-10(2)8(6-9(10)13)12-7-11(14)4-3-5-11/h8-9,12-14H,3-7H2,1-2H3. The van der Waals surface area contributed by atoms with Crippen LogP contribution in [-0.4, -0.2) is 34.5 Å². The van der Waals surface area contributed by atoms with Gasteiger partial charge in [-0.1, -0.05) is 13.8 Å². The van der Waals surface area contributed by atoms with Crippen LogP contribution < -0.4 is 5.32 Å². The average Bonchev–Trinajstić information content (AvgIpc) is 2.09. The highest BCUT2D eigenvalue weighted by Gasteiger charge is 2.48. The molecule has 2 atom stereocenters. The van der Waals surface area contributed by atoms with Crippen LogP contribution in [0.3, 0.4) is 0 Å². The molecule has 0 saturated heterocycles. The van der Waals surface area contributed by atoms with Gasteiger partial charge in [0.25, 0.3) is 0 Å². The zero-order chi connectivity index (χ0) is 10.4.